The monoisotopic (exact) mass is 246 g/mol. The zero-order valence-electron chi connectivity index (χ0n) is 10.4. The minimum atomic E-state index is -0.378. The van der Waals surface area contributed by atoms with E-state index in [0.29, 0.717) is 17.1 Å². The van der Waals surface area contributed by atoms with Crippen molar-refractivity contribution in [1.82, 2.24) is 0 Å². The van der Waals surface area contributed by atoms with E-state index in [0.717, 1.165) is 5.56 Å². The van der Waals surface area contributed by atoms with Crippen LogP contribution in [-0.4, -0.2) is 7.05 Å². The summed E-state index contributed by atoms with van der Waals surface area (Å²) >= 11 is 0. The number of halogens is 1. The van der Waals surface area contributed by atoms with Gasteiger partial charge >= 0.3 is 0 Å². The Morgan fingerprint density at radius 2 is 1.83 bits per heavy atom. The van der Waals surface area contributed by atoms with Gasteiger partial charge in [-0.15, -0.1) is 0 Å². The predicted molar refractivity (Wildman–Crippen MR) is 71.0 cm³/mol. The molecule has 2 rings (SSSR count). The van der Waals surface area contributed by atoms with E-state index in [1.165, 1.54) is 17.2 Å². The number of anilines is 2. The summed E-state index contributed by atoms with van der Waals surface area (Å²) in [7, 11) is 1.72. The van der Waals surface area contributed by atoms with Gasteiger partial charge in [-0.05, 0) is 30.7 Å². The summed E-state index contributed by atoms with van der Waals surface area (Å²) in [5, 5.41) is 1.50. The number of nitrogens with two attached hydrogens (primary N) is 1. The van der Waals surface area contributed by atoms with Crippen LogP contribution in [0.15, 0.2) is 42.5 Å². The van der Waals surface area contributed by atoms with E-state index in [1.54, 1.807) is 7.05 Å². The number of benzene rings is 2. The van der Waals surface area contributed by atoms with Crippen molar-refractivity contribution in [3.05, 3.63) is 53.8 Å². The van der Waals surface area contributed by atoms with Crippen molar-refractivity contribution in [2.45, 2.75) is 6.92 Å². The molecule has 3 nitrogen and oxygen atoms in total. The van der Waals surface area contributed by atoms with Crippen molar-refractivity contribution >= 4 is 11.4 Å². The Morgan fingerprint density at radius 3 is 2.50 bits per heavy atom. The molecule has 94 valence electrons. The number of rotatable bonds is 3. The van der Waals surface area contributed by atoms with E-state index >= 15 is 0 Å². The molecule has 0 saturated heterocycles. The second kappa shape index (κ2) is 4.96. The van der Waals surface area contributed by atoms with Gasteiger partial charge in [-0.1, -0.05) is 18.2 Å². The molecule has 0 spiro atoms. The molecule has 0 aliphatic rings. The van der Waals surface area contributed by atoms with Crippen LogP contribution in [0.3, 0.4) is 0 Å². The molecule has 0 aliphatic carbocycles. The number of nitrogens with zero attached hydrogens (tertiary/aromatic N) is 1. The lowest BCUT2D eigenvalue weighted by atomic mass is 10.1. The first-order valence-corrected chi connectivity index (χ1v) is 5.60. The second-order valence-corrected chi connectivity index (χ2v) is 4.04. The smallest absolute Gasteiger partial charge is 0.155 e. The Bertz CT molecular complexity index is 543. The molecule has 0 aliphatic heterocycles. The normalized spacial score (nSPS) is 10.2. The van der Waals surface area contributed by atoms with Crippen molar-refractivity contribution in [3.8, 4) is 5.75 Å². The predicted octanol–water partition coefficient (Wildman–Crippen LogP) is 3.15. The van der Waals surface area contributed by atoms with Gasteiger partial charge in [-0.25, -0.2) is 9.45 Å². The quantitative estimate of drug-likeness (QED) is 0.668. The Hall–Kier alpha value is -2.23. The lowest BCUT2D eigenvalue weighted by Crippen LogP contribution is -2.23. The van der Waals surface area contributed by atoms with Crippen LogP contribution in [0.1, 0.15) is 5.56 Å². The second-order valence-electron chi connectivity index (χ2n) is 4.04. The van der Waals surface area contributed by atoms with Crippen LogP contribution in [0, 0.1) is 12.7 Å². The van der Waals surface area contributed by atoms with Crippen LogP contribution in [0.4, 0.5) is 15.8 Å². The van der Waals surface area contributed by atoms with Gasteiger partial charge in [0.2, 0.25) is 0 Å². The molecular formula is C14H15FN2O. The van der Waals surface area contributed by atoms with Crippen LogP contribution in [0.2, 0.25) is 0 Å². The van der Waals surface area contributed by atoms with Gasteiger partial charge in [-0.2, -0.15) is 0 Å². The van der Waals surface area contributed by atoms with Gasteiger partial charge in [0.25, 0.3) is 0 Å². The molecule has 0 aromatic heterocycles. The molecule has 0 radical (unpaired) electrons. The van der Waals surface area contributed by atoms with E-state index < -0.39 is 0 Å². The van der Waals surface area contributed by atoms with Crippen LogP contribution >= 0.6 is 0 Å². The van der Waals surface area contributed by atoms with Crippen LogP contribution in [0.5, 0.6) is 5.75 Å². The minimum Gasteiger partial charge on any atom is -0.398 e. The fourth-order valence-electron chi connectivity index (χ4n) is 1.70. The molecule has 0 amide bonds. The van der Waals surface area contributed by atoms with Gasteiger partial charge in [0, 0.05) is 18.8 Å². The number of hydrogen-bond donors (Lipinski definition) is 1. The first-order valence-electron chi connectivity index (χ1n) is 5.60. The molecule has 0 fully saturated rings. The molecule has 0 heterocycles. The maximum Gasteiger partial charge on any atom is 0.155 e. The van der Waals surface area contributed by atoms with Gasteiger partial charge in [0.15, 0.2) is 5.75 Å². The van der Waals surface area contributed by atoms with E-state index in [2.05, 4.69) is 0 Å². The fourth-order valence-corrected chi connectivity index (χ4v) is 1.70. The number of hydroxylamine groups is 1. The largest absolute Gasteiger partial charge is 0.398 e. The highest BCUT2D eigenvalue weighted by molar-refractivity contribution is 5.63. The maximum atomic E-state index is 13.3. The van der Waals surface area contributed by atoms with E-state index in [4.69, 9.17) is 10.6 Å². The van der Waals surface area contributed by atoms with Crippen molar-refractivity contribution in [2.24, 2.45) is 0 Å². The molecule has 18 heavy (non-hydrogen) atoms. The topological polar surface area (TPSA) is 38.5 Å². The summed E-state index contributed by atoms with van der Waals surface area (Å²) in [6.45, 7) is 1.83. The summed E-state index contributed by atoms with van der Waals surface area (Å²) in [6.07, 6.45) is 0. The summed E-state index contributed by atoms with van der Waals surface area (Å²) < 4.78 is 13.3. The molecule has 2 aromatic rings. The fraction of sp³-hybridized carbons (Fsp3) is 0.143. The summed E-state index contributed by atoms with van der Waals surface area (Å²) in [6, 6.07) is 12.0. The highest BCUT2D eigenvalue weighted by Crippen LogP contribution is 2.26. The molecule has 0 atom stereocenters. The highest BCUT2D eigenvalue weighted by atomic mass is 19.1. The average molecular weight is 246 g/mol. The highest BCUT2D eigenvalue weighted by Gasteiger charge is 2.11. The minimum absolute atomic E-state index is 0.378. The Balaban J connectivity index is 2.26. The van der Waals surface area contributed by atoms with Gasteiger partial charge in [0.1, 0.15) is 5.82 Å². The Labute approximate surface area is 106 Å². The van der Waals surface area contributed by atoms with Crippen molar-refractivity contribution < 1.29 is 9.23 Å². The van der Waals surface area contributed by atoms with Crippen molar-refractivity contribution in [2.75, 3.05) is 17.8 Å². The third kappa shape index (κ3) is 2.53. The average Bonchev–Trinajstić information content (AvgIpc) is 2.35. The molecular weight excluding hydrogens is 231 g/mol. The molecule has 0 saturated carbocycles. The first kappa shape index (κ1) is 12.2. The van der Waals surface area contributed by atoms with E-state index in [9.17, 15) is 4.39 Å². The summed E-state index contributed by atoms with van der Waals surface area (Å²) in [5.74, 6) is 0.304. The molecule has 4 heteroatoms. The molecule has 0 bridgehead atoms. The number of hydrogen-bond acceptors (Lipinski definition) is 3. The standard InChI is InChI=1S/C14H15FN2O/c1-10-13(16)8-11(15)9-14(10)17(2)18-12-6-4-3-5-7-12/h3-9H,16H2,1-2H3. The van der Waals surface area contributed by atoms with Gasteiger partial charge in [0.05, 0.1) is 5.69 Å². The summed E-state index contributed by atoms with van der Waals surface area (Å²) in [5.41, 5.74) is 7.54. The van der Waals surface area contributed by atoms with Crippen LogP contribution < -0.4 is 15.6 Å². The third-order valence-corrected chi connectivity index (χ3v) is 2.71. The zero-order chi connectivity index (χ0) is 13.1. The molecule has 0 unspecified atom stereocenters. The van der Waals surface area contributed by atoms with E-state index in [1.807, 2.05) is 37.3 Å². The van der Waals surface area contributed by atoms with Crippen molar-refractivity contribution in [3.63, 3.8) is 0 Å². The number of nitrogen functional groups attached to an aromatic ring is 1. The lowest BCUT2D eigenvalue weighted by molar-refractivity contribution is 0.302. The van der Waals surface area contributed by atoms with Crippen LogP contribution in [0.25, 0.3) is 0 Å². The van der Waals surface area contributed by atoms with Gasteiger partial charge < -0.3 is 10.6 Å². The van der Waals surface area contributed by atoms with Gasteiger partial charge in [-0.3, -0.25) is 0 Å². The Kier molecular flexibility index (Phi) is 3.37. The number of para-hydroxylation sites is 1. The van der Waals surface area contributed by atoms with Crippen molar-refractivity contribution in [1.29, 1.82) is 0 Å². The molecule has 2 N–H and O–H groups in total. The SMILES string of the molecule is Cc1c(N)cc(F)cc1N(C)Oc1ccccc1. The maximum absolute atomic E-state index is 13.3. The Morgan fingerprint density at radius 1 is 1.17 bits per heavy atom. The third-order valence-electron chi connectivity index (χ3n) is 2.71. The zero-order valence-corrected chi connectivity index (χ0v) is 10.4. The summed E-state index contributed by atoms with van der Waals surface area (Å²) in [4.78, 5) is 5.60. The van der Waals surface area contributed by atoms with E-state index in [-0.39, 0.29) is 5.82 Å². The lowest BCUT2D eigenvalue weighted by Gasteiger charge is -2.22. The van der Waals surface area contributed by atoms with Crippen LogP contribution in [-0.2, 0) is 0 Å². The first-order chi connectivity index (χ1) is 8.58. The molecule has 2 aromatic carbocycles.